The van der Waals surface area contributed by atoms with Gasteiger partial charge in [-0.1, -0.05) is 11.3 Å². The Kier molecular flexibility index (Phi) is 2.86. The Bertz CT molecular complexity index is 725. The van der Waals surface area contributed by atoms with Gasteiger partial charge in [-0.25, -0.2) is 4.98 Å². The first kappa shape index (κ1) is 12.9. The fourth-order valence-corrected chi connectivity index (χ4v) is 3.32. The third kappa shape index (κ3) is 2.00. The number of hydrogen-bond donors (Lipinski definition) is 2. The lowest BCUT2D eigenvalue weighted by Gasteiger charge is -2.16. The number of aromatic nitrogens is 1. The van der Waals surface area contributed by atoms with Crippen LogP contribution in [0.2, 0.25) is 0 Å². The van der Waals surface area contributed by atoms with Gasteiger partial charge in [-0.15, -0.1) is 0 Å². The molecule has 1 aromatic heterocycles. The Hall–Kier alpha value is -2.15. The topological polar surface area (TPSA) is 96.5 Å². The number of nitrogens with zero attached hydrogens (tertiary/aromatic N) is 2. The Morgan fingerprint density at radius 2 is 2.30 bits per heavy atom. The average molecular weight is 291 g/mol. The highest BCUT2D eigenvalue weighted by Gasteiger charge is 2.35. The number of thiazole rings is 1. The molecule has 104 valence electrons. The van der Waals surface area contributed by atoms with Crippen LogP contribution in [0.4, 0.5) is 10.8 Å². The van der Waals surface area contributed by atoms with Crippen molar-refractivity contribution in [2.45, 2.75) is 13.3 Å². The summed E-state index contributed by atoms with van der Waals surface area (Å²) in [6.45, 7) is 2.12. The van der Waals surface area contributed by atoms with Gasteiger partial charge in [0.25, 0.3) is 0 Å². The van der Waals surface area contributed by atoms with Crippen LogP contribution >= 0.6 is 11.3 Å². The molecule has 0 aliphatic carbocycles. The van der Waals surface area contributed by atoms with Crippen molar-refractivity contribution in [3.05, 3.63) is 17.7 Å². The summed E-state index contributed by atoms with van der Waals surface area (Å²) in [7, 11) is 0. The molecule has 2 heterocycles. The molecule has 1 aliphatic rings. The van der Waals surface area contributed by atoms with E-state index in [4.69, 9.17) is 10.8 Å². The Balaban J connectivity index is 2.02. The molecule has 0 saturated carbocycles. The van der Waals surface area contributed by atoms with Crippen molar-refractivity contribution >= 4 is 44.2 Å². The molecule has 0 bridgehead atoms. The largest absolute Gasteiger partial charge is 0.481 e. The van der Waals surface area contributed by atoms with Gasteiger partial charge >= 0.3 is 5.97 Å². The first-order valence-electron chi connectivity index (χ1n) is 6.15. The number of hydrogen-bond acceptors (Lipinski definition) is 5. The number of carbonyl (C=O) groups is 2. The van der Waals surface area contributed by atoms with Gasteiger partial charge < -0.3 is 15.7 Å². The minimum Gasteiger partial charge on any atom is -0.481 e. The van der Waals surface area contributed by atoms with Crippen molar-refractivity contribution in [2.24, 2.45) is 5.92 Å². The van der Waals surface area contributed by atoms with E-state index in [1.165, 1.54) is 16.2 Å². The van der Waals surface area contributed by atoms with Crippen LogP contribution in [0.25, 0.3) is 10.2 Å². The van der Waals surface area contributed by atoms with Crippen LogP contribution in [-0.2, 0) is 9.59 Å². The standard InChI is InChI=1S/C13H13N3O3S/c1-6-2-8(4-9-11(6)15-13(14)20-9)16-5-7(12(18)19)3-10(16)17/h2,4,7H,3,5H2,1H3,(H2,14,15)(H,18,19)/t7-/m1/s1. The lowest BCUT2D eigenvalue weighted by molar-refractivity contribution is -0.141. The molecule has 1 aliphatic heterocycles. The number of fused-ring (bicyclic) bond motifs is 1. The van der Waals surface area contributed by atoms with E-state index >= 15 is 0 Å². The van der Waals surface area contributed by atoms with Gasteiger partial charge in [-0.2, -0.15) is 0 Å². The normalized spacial score (nSPS) is 18.9. The summed E-state index contributed by atoms with van der Waals surface area (Å²) in [5.41, 5.74) is 8.18. The number of anilines is 2. The SMILES string of the molecule is Cc1cc(N2C[C@H](C(=O)O)CC2=O)cc2sc(N)nc12. The van der Waals surface area contributed by atoms with E-state index in [0.29, 0.717) is 10.8 Å². The predicted octanol–water partition coefficient (Wildman–Crippen LogP) is 1.62. The summed E-state index contributed by atoms with van der Waals surface area (Å²) >= 11 is 1.36. The minimum atomic E-state index is -0.930. The average Bonchev–Trinajstić information content (AvgIpc) is 2.92. The number of amides is 1. The van der Waals surface area contributed by atoms with Crippen molar-refractivity contribution in [1.82, 2.24) is 4.98 Å². The van der Waals surface area contributed by atoms with E-state index in [1.54, 1.807) is 0 Å². The molecule has 3 rings (SSSR count). The highest BCUT2D eigenvalue weighted by Crippen LogP contribution is 2.33. The van der Waals surface area contributed by atoms with E-state index in [2.05, 4.69) is 4.98 Å². The lowest BCUT2D eigenvalue weighted by atomic mass is 10.1. The molecule has 1 atom stereocenters. The van der Waals surface area contributed by atoms with Crippen molar-refractivity contribution in [3.63, 3.8) is 0 Å². The van der Waals surface area contributed by atoms with Crippen LogP contribution in [0.15, 0.2) is 12.1 Å². The molecule has 0 spiro atoms. The molecule has 0 unspecified atom stereocenters. The number of rotatable bonds is 2. The lowest BCUT2D eigenvalue weighted by Crippen LogP contribution is -2.25. The smallest absolute Gasteiger partial charge is 0.308 e. The van der Waals surface area contributed by atoms with Crippen molar-refractivity contribution in [2.75, 3.05) is 17.2 Å². The number of benzene rings is 1. The highest BCUT2D eigenvalue weighted by molar-refractivity contribution is 7.22. The first-order valence-corrected chi connectivity index (χ1v) is 6.97. The fraction of sp³-hybridized carbons (Fsp3) is 0.308. The molecular weight excluding hydrogens is 278 g/mol. The minimum absolute atomic E-state index is 0.0528. The predicted molar refractivity (Wildman–Crippen MR) is 76.9 cm³/mol. The molecule has 0 radical (unpaired) electrons. The van der Waals surface area contributed by atoms with Gasteiger partial charge in [0.05, 0.1) is 16.1 Å². The van der Waals surface area contributed by atoms with E-state index < -0.39 is 11.9 Å². The van der Waals surface area contributed by atoms with Gasteiger partial charge in [0.1, 0.15) is 0 Å². The second kappa shape index (κ2) is 4.45. The molecule has 3 N–H and O–H groups in total. The summed E-state index contributed by atoms with van der Waals surface area (Å²) in [6, 6.07) is 3.70. The maximum absolute atomic E-state index is 12.0. The summed E-state index contributed by atoms with van der Waals surface area (Å²) in [4.78, 5) is 28.7. The second-order valence-electron chi connectivity index (χ2n) is 4.91. The number of aryl methyl sites for hydroxylation is 1. The van der Waals surface area contributed by atoms with Crippen LogP contribution in [-0.4, -0.2) is 28.5 Å². The Labute approximate surface area is 118 Å². The first-order chi connectivity index (χ1) is 9.45. The summed E-state index contributed by atoms with van der Waals surface area (Å²) < 4.78 is 0.907. The zero-order valence-electron chi connectivity index (χ0n) is 10.8. The van der Waals surface area contributed by atoms with Gasteiger partial charge in [-0.3, -0.25) is 9.59 Å². The van der Waals surface area contributed by atoms with Crippen molar-refractivity contribution in [1.29, 1.82) is 0 Å². The van der Waals surface area contributed by atoms with Crippen molar-refractivity contribution in [3.8, 4) is 0 Å². The second-order valence-corrected chi connectivity index (χ2v) is 5.97. The fourth-order valence-electron chi connectivity index (χ4n) is 2.47. The van der Waals surface area contributed by atoms with Gasteiger partial charge in [0.2, 0.25) is 5.91 Å². The molecule has 2 aromatic rings. The van der Waals surface area contributed by atoms with Gasteiger partial charge in [-0.05, 0) is 24.6 Å². The Morgan fingerprint density at radius 3 is 2.95 bits per heavy atom. The third-order valence-corrected chi connectivity index (χ3v) is 4.30. The molecule has 7 heteroatoms. The summed E-state index contributed by atoms with van der Waals surface area (Å²) in [6.07, 6.45) is 0.0528. The van der Waals surface area contributed by atoms with Gasteiger partial charge in [0.15, 0.2) is 5.13 Å². The van der Waals surface area contributed by atoms with Crippen LogP contribution in [0.3, 0.4) is 0 Å². The zero-order valence-corrected chi connectivity index (χ0v) is 11.6. The maximum atomic E-state index is 12.0. The van der Waals surface area contributed by atoms with Crippen LogP contribution in [0, 0.1) is 12.8 Å². The number of carbonyl (C=O) groups excluding carboxylic acids is 1. The summed E-state index contributed by atoms with van der Waals surface area (Å²) in [5.74, 6) is -1.72. The van der Waals surface area contributed by atoms with E-state index in [9.17, 15) is 9.59 Å². The Morgan fingerprint density at radius 1 is 1.55 bits per heavy atom. The van der Waals surface area contributed by atoms with E-state index in [-0.39, 0.29) is 18.9 Å². The molecule has 1 fully saturated rings. The monoisotopic (exact) mass is 291 g/mol. The van der Waals surface area contributed by atoms with Crippen LogP contribution in [0.1, 0.15) is 12.0 Å². The third-order valence-electron chi connectivity index (χ3n) is 3.47. The number of nitrogens with two attached hydrogens (primary N) is 1. The van der Waals surface area contributed by atoms with Crippen LogP contribution < -0.4 is 10.6 Å². The maximum Gasteiger partial charge on any atom is 0.308 e. The molecule has 1 saturated heterocycles. The molecule has 20 heavy (non-hydrogen) atoms. The molecule has 1 aromatic carbocycles. The van der Waals surface area contributed by atoms with Crippen molar-refractivity contribution < 1.29 is 14.7 Å². The van der Waals surface area contributed by atoms with Crippen LogP contribution in [0.5, 0.6) is 0 Å². The van der Waals surface area contributed by atoms with E-state index in [1.807, 2.05) is 19.1 Å². The number of carboxylic acid groups (broad SMARTS) is 1. The molecule has 1 amide bonds. The number of nitrogen functional groups attached to an aromatic ring is 1. The molecular formula is C13H13N3O3S. The van der Waals surface area contributed by atoms with Gasteiger partial charge in [0, 0.05) is 18.7 Å². The molecule has 6 nitrogen and oxygen atoms in total. The summed E-state index contributed by atoms with van der Waals surface area (Å²) in [5, 5.41) is 9.50. The quantitative estimate of drug-likeness (QED) is 0.876. The van der Waals surface area contributed by atoms with E-state index in [0.717, 1.165) is 15.8 Å². The number of aliphatic carboxylic acids is 1. The zero-order chi connectivity index (χ0) is 14.4. The highest BCUT2D eigenvalue weighted by atomic mass is 32.1. The number of carboxylic acids is 1.